The molecule has 0 fully saturated rings. The summed E-state index contributed by atoms with van der Waals surface area (Å²) in [7, 11) is 0. The molecular formula is C83H161NO5. The van der Waals surface area contributed by atoms with E-state index in [1.165, 1.54) is 392 Å². The lowest BCUT2D eigenvalue weighted by Gasteiger charge is -2.22. The van der Waals surface area contributed by atoms with Crippen molar-refractivity contribution in [2.45, 2.75) is 482 Å². The van der Waals surface area contributed by atoms with Crippen LogP contribution in [0.1, 0.15) is 470 Å². The first-order valence-corrected chi connectivity index (χ1v) is 41.1. The Balaban J connectivity index is 3.29. The minimum absolute atomic E-state index is 0.0206. The number of nitrogens with one attached hydrogen (secondary N) is 1. The van der Waals surface area contributed by atoms with Gasteiger partial charge in [-0.05, 0) is 57.8 Å². The molecule has 528 valence electrons. The summed E-state index contributed by atoms with van der Waals surface area (Å²) in [5.41, 5.74) is 0. The summed E-state index contributed by atoms with van der Waals surface area (Å²) < 4.78 is 5.52. The van der Waals surface area contributed by atoms with Crippen molar-refractivity contribution in [2.75, 3.05) is 13.2 Å². The predicted octanol–water partition coefficient (Wildman–Crippen LogP) is 27.2. The summed E-state index contributed by atoms with van der Waals surface area (Å²) in [6.07, 6.45) is 101. The van der Waals surface area contributed by atoms with E-state index in [1.54, 1.807) is 0 Å². The van der Waals surface area contributed by atoms with Crippen molar-refractivity contribution in [1.29, 1.82) is 0 Å². The second-order valence-electron chi connectivity index (χ2n) is 28.5. The van der Waals surface area contributed by atoms with Crippen LogP contribution in [0, 0.1) is 0 Å². The molecule has 0 rings (SSSR count). The molecule has 0 aromatic rings. The van der Waals surface area contributed by atoms with Crippen LogP contribution in [-0.2, 0) is 14.3 Å². The molecule has 0 heterocycles. The summed E-state index contributed by atoms with van der Waals surface area (Å²) in [6, 6.07) is -0.537. The molecule has 1 amide bonds. The van der Waals surface area contributed by atoms with Crippen LogP contribution < -0.4 is 5.32 Å². The van der Waals surface area contributed by atoms with E-state index in [4.69, 9.17) is 4.74 Å². The Kier molecular flexibility index (Phi) is 77.3. The molecule has 0 aliphatic heterocycles. The zero-order valence-electron chi connectivity index (χ0n) is 60.7. The molecule has 0 aliphatic carbocycles. The number of esters is 1. The van der Waals surface area contributed by atoms with Gasteiger partial charge < -0.3 is 20.3 Å². The first kappa shape index (κ1) is 87.3. The smallest absolute Gasteiger partial charge is 0.305 e. The van der Waals surface area contributed by atoms with Gasteiger partial charge in [0.1, 0.15) is 0 Å². The molecule has 6 nitrogen and oxygen atoms in total. The molecular weight excluding hydrogens is 1090 g/mol. The van der Waals surface area contributed by atoms with Gasteiger partial charge in [-0.3, -0.25) is 9.59 Å². The van der Waals surface area contributed by atoms with Crippen LogP contribution in [0.3, 0.4) is 0 Å². The van der Waals surface area contributed by atoms with Crippen LogP contribution in [-0.4, -0.2) is 47.4 Å². The van der Waals surface area contributed by atoms with Crippen LogP contribution in [0.25, 0.3) is 0 Å². The molecule has 6 heteroatoms. The van der Waals surface area contributed by atoms with Crippen molar-refractivity contribution in [3.05, 3.63) is 24.3 Å². The number of allylic oxidation sites excluding steroid dienone is 4. The second kappa shape index (κ2) is 78.8. The third-order valence-electron chi connectivity index (χ3n) is 19.5. The lowest BCUT2D eigenvalue weighted by Crippen LogP contribution is -2.45. The molecule has 0 bridgehead atoms. The number of hydrogen-bond donors (Lipinski definition) is 3. The molecule has 0 spiro atoms. The molecule has 3 N–H and O–H groups in total. The molecule has 0 radical (unpaired) electrons. The van der Waals surface area contributed by atoms with Crippen LogP contribution in [0.4, 0.5) is 0 Å². The molecule has 0 saturated heterocycles. The number of aliphatic hydroxyl groups is 2. The quantitative estimate of drug-likeness (QED) is 0.0320. The van der Waals surface area contributed by atoms with Gasteiger partial charge in [0.15, 0.2) is 0 Å². The van der Waals surface area contributed by atoms with Gasteiger partial charge >= 0.3 is 5.97 Å². The number of rotatable bonds is 78. The number of hydrogen-bond acceptors (Lipinski definition) is 5. The van der Waals surface area contributed by atoms with Gasteiger partial charge in [0.25, 0.3) is 0 Å². The summed E-state index contributed by atoms with van der Waals surface area (Å²) in [6.45, 7) is 4.98. The Morgan fingerprint density at radius 3 is 0.876 bits per heavy atom. The highest BCUT2D eigenvalue weighted by Gasteiger charge is 2.20. The molecule has 0 aliphatic rings. The fourth-order valence-electron chi connectivity index (χ4n) is 13.3. The number of unbranched alkanes of at least 4 members (excludes halogenated alkanes) is 63. The molecule has 2 unspecified atom stereocenters. The second-order valence-corrected chi connectivity index (χ2v) is 28.5. The van der Waals surface area contributed by atoms with Crippen LogP contribution in [0.2, 0.25) is 0 Å². The number of aliphatic hydroxyl groups excluding tert-OH is 2. The minimum atomic E-state index is -0.660. The highest BCUT2D eigenvalue weighted by atomic mass is 16.5. The fraction of sp³-hybridized carbons (Fsp3) is 0.928. The number of amides is 1. The average Bonchev–Trinajstić information content (AvgIpc) is 3.56. The van der Waals surface area contributed by atoms with E-state index in [0.29, 0.717) is 25.9 Å². The monoisotopic (exact) mass is 1250 g/mol. The van der Waals surface area contributed by atoms with Crippen LogP contribution in [0.15, 0.2) is 24.3 Å². The van der Waals surface area contributed by atoms with E-state index in [9.17, 15) is 19.8 Å². The Bertz CT molecular complexity index is 1400. The SMILES string of the molecule is CCCCC/C=C\C/C=C\CCCCCCCCCCCC(=O)OCCCCCCCCCCCCCCCCCCCCCCCCCCCCCCCCCCCCCCCC(=O)NC(CO)C(O)CCCCCCCCCCCCCCCCCC. The molecule has 0 aromatic heterocycles. The van der Waals surface area contributed by atoms with Gasteiger partial charge in [-0.15, -0.1) is 0 Å². The third kappa shape index (κ3) is 75.3. The molecule has 0 aromatic carbocycles. The maximum atomic E-state index is 12.5. The van der Waals surface area contributed by atoms with Gasteiger partial charge in [-0.2, -0.15) is 0 Å². The van der Waals surface area contributed by atoms with Crippen molar-refractivity contribution in [3.8, 4) is 0 Å². The average molecular weight is 1250 g/mol. The zero-order valence-corrected chi connectivity index (χ0v) is 60.7. The standard InChI is InChI=1S/C83H161NO5/c1-3-5-7-9-11-13-15-17-19-21-41-45-49-53-57-61-65-69-73-77-83(88)89-78-74-70-66-62-58-54-50-46-43-40-38-36-34-32-30-28-26-24-22-23-25-27-29-31-33-35-37-39-42-44-48-52-56-60-64-68-72-76-82(87)84-80(79-85)81(86)75-71-67-63-59-55-51-47-20-18-16-14-12-10-8-6-4-2/h11,13,17,19,80-81,85-86H,3-10,12,14-16,18,20-79H2,1-2H3,(H,84,87)/b13-11-,19-17-. The molecule has 2 atom stereocenters. The first-order chi connectivity index (χ1) is 44.0. The van der Waals surface area contributed by atoms with E-state index < -0.39 is 12.1 Å². The number of ether oxygens (including phenoxy) is 1. The van der Waals surface area contributed by atoms with Gasteiger partial charge in [0.05, 0.1) is 25.4 Å². The maximum absolute atomic E-state index is 12.5. The van der Waals surface area contributed by atoms with Crippen LogP contribution >= 0.6 is 0 Å². The minimum Gasteiger partial charge on any atom is -0.466 e. The number of carbonyl (C=O) groups is 2. The normalized spacial score (nSPS) is 12.5. The molecule has 89 heavy (non-hydrogen) atoms. The summed E-state index contributed by atoms with van der Waals surface area (Å²) in [5.74, 6) is -0.00444. The fourth-order valence-corrected chi connectivity index (χ4v) is 13.3. The maximum Gasteiger partial charge on any atom is 0.305 e. The first-order valence-electron chi connectivity index (χ1n) is 41.1. The Labute approximate surface area is 558 Å². The van der Waals surface area contributed by atoms with Gasteiger partial charge in [-0.1, -0.05) is 423 Å². The van der Waals surface area contributed by atoms with Gasteiger partial charge in [-0.25, -0.2) is 0 Å². The van der Waals surface area contributed by atoms with Crippen molar-refractivity contribution < 1.29 is 24.5 Å². The van der Waals surface area contributed by atoms with E-state index in [-0.39, 0.29) is 18.5 Å². The Hall–Kier alpha value is -1.66. The van der Waals surface area contributed by atoms with Gasteiger partial charge in [0, 0.05) is 12.8 Å². The summed E-state index contributed by atoms with van der Waals surface area (Å²) >= 11 is 0. The number of carbonyl (C=O) groups excluding carboxylic acids is 2. The lowest BCUT2D eigenvalue weighted by atomic mass is 10.0. The third-order valence-corrected chi connectivity index (χ3v) is 19.5. The van der Waals surface area contributed by atoms with Crippen molar-refractivity contribution in [2.24, 2.45) is 0 Å². The highest BCUT2D eigenvalue weighted by Crippen LogP contribution is 2.21. The van der Waals surface area contributed by atoms with Crippen molar-refractivity contribution in [1.82, 2.24) is 5.32 Å². The van der Waals surface area contributed by atoms with Gasteiger partial charge in [0.2, 0.25) is 5.91 Å². The Morgan fingerprint density at radius 2 is 0.562 bits per heavy atom. The summed E-state index contributed by atoms with van der Waals surface area (Å²) in [4.78, 5) is 24.7. The largest absolute Gasteiger partial charge is 0.466 e. The van der Waals surface area contributed by atoms with E-state index in [2.05, 4.69) is 43.5 Å². The predicted molar refractivity (Wildman–Crippen MR) is 393 cm³/mol. The lowest BCUT2D eigenvalue weighted by molar-refractivity contribution is -0.143. The topological polar surface area (TPSA) is 95.9 Å². The van der Waals surface area contributed by atoms with E-state index in [1.807, 2.05) is 0 Å². The Morgan fingerprint density at radius 1 is 0.315 bits per heavy atom. The zero-order chi connectivity index (χ0) is 64.2. The van der Waals surface area contributed by atoms with Crippen LogP contribution in [0.5, 0.6) is 0 Å². The van der Waals surface area contributed by atoms with E-state index in [0.717, 1.165) is 44.9 Å². The summed E-state index contributed by atoms with van der Waals surface area (Å²) in [5, 5.41) is 23.4. The molecule has 0 saturated carbocycles. The highest BCUT2D eigenvalue weighted by molar-refractivity contribution is 5.76. The van der Waals surface area contributed by atoms with E-state index >= 15 is 0 Å². The van der Waals surface area contributed by atoms with Crippen molar-refractivity contribution >= 4 is 11.9 Å². The van der Waals surface area contributed by atoms with Crippen molar-refractivity contribution in [3.63, 3.8) is 0 Å².